The van der Waals surface area contributed by atoms with E-state index in [1.165, 1.54) is 17.0 Å². The highest BCUT2D eigenvalue weighted by atomic mass is 32.2. The molecule has 2 N–H and O–H groups in total. The Kier molecular flexibility index (Phi) is 6.15. The number of hydrogen-bond donors (Lipinski definition) is 1. The first-order chi connectivity index (χ1) is 16.3. The number of aromatic nitrogens is 1. The Morgan fingerprint density at radius 3 is 2.37 bits per heavy atom. The Bertz CT molecular complexity index is 1280. The lowest BCUT2D eigenvalue weighted by Crippen LogP contribution is -2.60. The van der Waals surface area contributed by atoms with E-state index in [2.05, 4.69) is 4.98 Å². The number of pyridine rings is 1. The summed E-state index contributed by atoms with van der Waals surface area (Å²) in [5, 5.41) is -0.237. The molecule has 1 saturated carbocycles. The van der Waals surface area contributed by atoms with Gasteiger partial charge in [-0.15, -0.1) is 0 Å². The van der Waals surface area contributed by atoms with E-state index >= 15 is 4.39 Å². The molecule has 2 aromatic rings. The molecule has 7 nitrogen and oxygen atoms in total. The van der Waals surface area contributed by atoms with Gasteiger partial charge in [0.2, 0.25) is 5.91 Å². The van der Waals surface area contributed by atoms with E-state index in [9.17, 15) is 31.2 Å². The number of rotatable bonds is 6. The van der Waals surface area contributed by atoms with Gasteiger partial charge in [0.25, 0.3) is 5.91 Å². The quantitative estimate of drug-likeness (QED) is 0.596. The number of carbonyl (C=O) groups is 2. The molecule has 2 aliphatic rings. The highest BCUT2D eigenvalue weighted by Gasteiger charge is 2.59. The Morgan fingerprint density at radius 1 is 1.20 bits per heavy atom. The van der Waals surface area contributed by atoms with Crippen LogP contribution in [0.25, 0.3) is 0 Å². The van der Waals surface area contributed by atoms with Crippen LogP contribution in [0.3, 0.4) is 0 Å². The maximum absolute atomic E-state index is 15.1. The summed E-state index contributed by atoms with van der Waals surface area (Å²) >= 11 is 0. The van der Waals surface area contributed by atoms with Gasteiger partial charge in [-0.3, -0.25) is 9.59 Å². The molecule has 0 spiro atoms. The smallest absolute Gasteiger partial charge is 0.368 e. The predicted octanol–water partition coefficient (Wildman–Crippen LogP) is 3.30. The van der Waals surface area contributed by atoms with Crippen LogP contribution in [0.5, 0.6) is 0 Å². The highest BCUT2D eigenvalue weighted by molar-refractivity contribution is 7.90. The van der Waals surface area contributed by atoms with Crippen LogP contribution in [0.15, 0.2) is 41.6 Å². The minimum Gasteiger partial charge on any atom is -0.368 e. The van der Waals surface area contributed by atoms with Crippen molar-refractivity contribution in [1.29, 1.82) is 0 Å². The zero-order valence-corrected chi connectivity index (χ0v) is 19.5. The van der Waals surface area contributed by atoms with Crippen molar-refractivity contribution in [3.05, 3.63) is 59.0 Å². The number of benzene rings is 1. The van der Waals surface area contributed by atoms with Crippen molar-refractivity contribution in [3.8, 4) is 0 Å². The first-order valence-corrected chi connectivity index (χ1v) is 12.8. The maximum Gasteiger partial charge on any atom is 0.416 e. The standard InChI is InChI=1S/C23H23F4N3O4S/c1-35(33,34)18-8-5-14(12-29-18)20(31)30-10-2-9-22(30,21(28)32)19(13-3-4-13)16-7-6-15(11-17(16)24)23(25,26)27/h5-8,11-13,19H,2-4,9-10H2,1H3,(H2,28,32)/t19-,22+/m1/s1. The minimum atomic E-state index is -4.74. The van der Waals surface area contributed by atoms with Crippen LogP contribution in [0.2, 0.25) is 0 Å². The number of alkyl halides is 3. The largest absolute Gasteiger partial charge is 0.416 e. The van der Waals surface area contributed by atoms with E-state index in [1.54, 1.807) is 0 Å². The topological polar surface area (TPSA) is 110 Å². The first kappa shape index (κ1) is 25.1. The molecule has 1 saturated heterocycles. The Balaban J connectivity index is 1.78. The number of halogens is 4. The lowest BCUT2D eigenvalue weighted by molar-refractivity contribution is -0.138. The normalized spacial score (nSPS) is 21.7. The molecule has 2 amide bonds. The highest BCUT2D eigenvalue weighted by Crippen LogP contribution is 2.54. The second-order valence-electron chi connectivity index (χ2n) is 9.06. The van der Waals surface area contributed by atoms with Gasteiger partial charge in [-0.2, -0.15) is 13.2 Å². The van der Waals surface area contributed by atoms with Crippen molar-refractivity contribution in [1.82, 2.24) is 9.88 Å². The van der Waals surface area contributed by atoms with E-state index in [-0.39, 0.29) is 35.0 Å². The van der Waals surface area contributed by atoms with Crippen molar-refractivity contribution < 1.29 is 35.6 Å². The van der Waals surface area contributed by atoms with Crippen molar-refractivity contribution in [2.75, 3.05) is 12.8 Å². The molecule has 2 atom stereocenters. The molecule has 2 fully saturated rings. The molecule has 1 aromatic carbocycles. The molecule has 188 valence electrons. The second-order valence-corrected chi connectivity index (χ2v) is 11.0. The SMILES string of the molecule is CS(=O)(=O)c1ccc(C(=O)N2CCC[C@@]2(C(N)=O)[C@@H](c2ccc(C(F)(F)F)cc2F)C2CC2)cn1. The van der Waals surface area contributed by atoms with Gasteiger partial charge in [0.05, 0.1) is 11.1 Å². The third-order valence-electron chi connectivity index (χ3n) is 6.73. The number of nitrogens with zero attached hydrogens (tertiary/aromatic N) is 2. The van der Waals surface area contributed by atoms with Gasteiger partial charge in [-0.25, -0.2) is 17.8 Å². The average molecular weight is 514 g/mol. The number of hydrogen-bond acceptors (Lipinski definition) is 5. The van der Waals surface area contributed by atoms with Crippen LogP contribution in [-0.4, -0.2) is 48.5 Å². The van der Waals surface area contributed by atoms with Crippen molar-refractivity contribution in [3.63, 3.8) is 0 Å². The van der Waals surface area contributed by atoms with Crippen LogP contribution in [0.1, 0.15) is 53.1 Å². The molecule has 1 aliphatic heterocycles. The summed E-state index contributed by atoms with van der Waals surface area (Å²) in [6, 6.07) is 4.61. The van der Waals surface area contributed by atoms with Crippen molar-refractivity contribution in [2.45, 2.75) is 48.3 Å². The van der Waals surface area contributed by atoms with E-state index in [0.29, 0.717) is 25.3 Å². The summed E-state index contributed by atoms with van der Waals surface area (Å²) in [6.45, 7) is 0.112. The van der Waals surface area contributed by atoms with Gasteiger partial charge in [0.1, 0.15) is 11.4 Å². The van der Waals surface area contributed by atoms with Gasteiger partial charge < -0.3 is 10.6 Å². The van der Waals surface area contributed by atoms with Crippen LogP contribution in [0, 0.1) is 11.7 Å². The Labute approximate surface area is 199 Å². The minimum absolute atomic E-state index is 0.00682. The van der Waals surface area contributed by atoms with Crippen LogP contribution < -0.4 is 5.73 Å². The van der Waals surface area contributed by atoms with E-state index in [0.717, 1.165) is 24.6 Å². The molecular formula is C23H23F4N3O4S. The number of nitrogens with two attached hydrogens (primary N) is 1. The molecule has 4 rings (SSSR count). The van der Waals surface area contributed by atoms with Crippen LogP contribution in [-0.2, 0) is 20.8 Å². The molecule has 12 heteroatoms. The molecule has 0 bridgehead atoms. The molecule has 2 heterocycles. The molecule has 35 heavy (non-hydrogen) atoms. The first-order valence-electron chi connectivity index (χ1n) is 10.9. The van der Waals surface area contributed by atoms with E-state index in [1.807, 2.05) is 0 Å². The molecule has 0 radical (unpaired) electrons. The maximum atomic E-state index is 15.1. The fourth-order valence-corrected chi connectivity index (χ4v) is 5.58. The van der Waals surface area contributed by atoms with Gasteiger partial charge in [0.15, 0.2) is 14.9 Å². The zero-order chi connectivity index (χ0) is 25.8. The second kappa shape index (κ2) is 8.58. The van der Waals surface area contributed by atoms with Crippen LogP contribution in [0.4, 0.5) is 17.6 Å². The Morgan fingerprint density at radius 2 is 1.89 bits per heavy atom. The zero-order valence-electron chi connectivity index (χ0n) is 18.7. The van der Waals surface area contributed by atoms with Crippen molar-refractivity contribution in [2.24, 2.45) is 11.7 Å². The third-order valence-corrected chi connectivity index (χ3v) is 7.73. The number of sulfone groups is 1. The average Bonchev–Trinajstić information content (AvgIpc) is 3.50. The number of amides is 2. The number of likely N-dealkylation sites (tertiary alicyclic amines) is 1. The fraction of sp³-hybridized carbons (Fsp3) is 0.435. The Hall–Kier alpha value is -3.02. The number of carbonyl (C=O) groups excluding carboxylic acids is 2. The number of primary amides is 1. The summed E-state index contributed by atoms with van der Waals surface area (Å²) in [4.78, 5) is 31.5. The molecule has 1 aliphatic carbocycles. The summed E-state index contributed by atoms with van der Waals surface area (Å²) < 4.78 is 77.7. The summed E-state index contributed by atoms with van der Waals surface area (Å²) in [7, 11) is -3.60. The lowest BCUT2D eigenvalue weighted by atomic mass is 9.73. The van der Waals surface area contributed by atoms with Gasteiger partial charge >= 0.3 is 6.18 Å². The predicted molar refractivity (Wildman–Crippen MR) is 116 cm³/mol. The van der Waals surface area contributed by atoms with Gasteiger partial charge in [-0.1, -0.05) is 6.07 Å². The lowest BCUT2D eigenvalue weighted by Gasteiger charge is -2.42. The monoisotopic (exact) mass is 513 g/mol. The van der Waals surface area contributed by atoms with E-state index < -0.39 is 50.7 Å². The molecule has 1 aromatic heterocycles. The van der Waals surface area contributed by atoms with Crippen molar-refractivity contribution >= 4 is 21.7 Å². The molecular weight excluding hydrogens is 490 g/mol. The third kappa shape index (κ3) is 4.51. The van der Waals surface area contributed by atoms with Crippen LogP contribution >= 0.6 is 0 Å². The summed E-state index contributed by atoms with van der Waals surface area (Å²) in [5.41, 5.74) is 2.94. The van der Waals surface area contributed by atoms with Gasteiger partial charge in [0, 0.05) is 24.9 Å². The summed E-state index contributed by atoms with van der Waals surface area (Å²) in [5.74, 6) is -3.81. The van der Waals surface area contributed by atoms with E-state index in [4.69, 9.17) is 5.73 Å². The fourth-order valence-electron chi connectivity index (χ4n) is 5.03. The van der Waals surface area contributed by atoms with Gasteiger partial charge in [-0.05, 0) is 61.4 Å². The summed E-state index contributed by atoms with van der Waals surface area (Å²) in [6.07, 6.45) is -1.00. The molecule has 0 unspecified atom stereocenters.